The van der Waals surface area contributed by atoms with Crippen LogP contribution < -0.4 is 5.19 Å². The molecule has 0 unspecified atom stereocenters. The van der Waals surface area contributed by atoms with Gasteiger partial charge in [-0.3, -0.25) is 0 Å². The van der Waals surface area contributed by atoms with Crippen LogP contribution in [0.1, 0.15) is 12.0 Å². The molecule has 0 bridgehead atoms. The highest BCUT2D eigenvalue weighted by molar-refractivity contribution is 6.95. The average molecular weight is 288 g/mol. The first-order valence-corrected chi connectivity index (χ1v) is 10.5. The molecule has 0 aromatic heterocycles. The van der Waals surface area contributed by atoms with Gasteiger partial charge in [-0.15, -0.1) is 0 Å². The fourth-order valence-electron chi connectivity index (χ4n) is 3.82. The van der Waals surface area contributed by atoms with Crippen LogP contribution in [0.15, 0.2) is 72.8 Å². The van der Waals surface area contributed by atoms with Crippen molar-refractivity contribution in [3.8, 4) is 0 Å². The van der Waals surface area contributed by atoms with Gasteiger partial charge in [-0.2, -0.15) is 0 Å². The van der Waals surface area contributed by atoms with E-state index in [-0.39, 0.29) is 0 Å². The maximum atomic E-state index is 2.41. The van der Waals surface area contributed by atoms with Crippen molar-refractivity contribution in [1.29, 1.82) is 0 Å². The van der Waals surface area contributed by atoms with E-state index in [1.807, 2.05) is 0 Å². The number of benzene rings is 3. The minimum atomic E-state index is -1.32. The zero-order valence-corrected chi connectivity index (χ0v) is 13.3. The molecular formula is C20H20Si. The highest BCUT2D eigenvalue weighted by atomic mass is 28.3. The van der Waals surface area contributed by atoms with Gasteiger partial charge >= 0.3 is 0 Å². The Labute approximate surface area is 127 Å². The van der Waals surface area contributed by atoms with Gasteiger partial charge in [0.1, 0.15) is 0 Å². The highest BCUT2D eigenvalue weighted by Crippen LogP contribution is 2.36. The summed E-state index contributed by atoms with van der Waals surface area (Å²) in [5, 5.41) is 4.60. The zero-order valence-electron chi connectivity index (χ0n) is 12.3. The van der Waals surface area contributed by atoms with Crippen molar-refractivity contribution in [1.82, 2.24) is 0 Å². The lowest BCUT2D eigenvalue weighted by Crippen LogP contribution is -2.55. The van der Waals surface area contributed by atoms with Crippen LogP contribution in [0.2, 0.25) is 12.1 Å². The molecule has 3 aromatic rings. The van der Waals surface area contributed by atoms with Crippen molar-refractivity contribution in [3.05, 3.63) is 78.4 Å². The Kier molecular flexibility index (Phi) is 3.15. The highest BCUT2D eigenvalue weighted by Gasteiger charge is 2.41. The number of fused-ring (bicyclic) bond motifs is 1. The summed E-state index contributed by atoms with van der Waals surface area (Å²) in [7, 11) is -1.32. The van der Waals surface area contributed by atoms with E-state index in [0.717, 1.165) is 0 Å². The molecule has 1 aliphatic rings. The molecule has 1 heterocycles. The van der Waals surface area contributed by atoms with Gasteiger partial charge in [-0.05, 0) is 16.8 Å². The summed E-state index contributed by atoms with van der Waals surface area (Å²) >= 11 is 0. The molecule has 0 aliphatic carbocycles. The monoisotopic (exact) mass is 288 g/mol. The molecule has 0 amide bonds. The molecule has 3 aromatic carbocycles. The third-order valence-corrected chi connectivity index (χ3v) is 10.3. The van der Waals surface area contributed by atoms with Crippen molar-refractivity contribution in [3.63, 3.8) is 0 Å². The van der Waals surface area contributed by atoms with Gasteiger partial charge in [0, 0.05) is 0 Å². The van der Waals surface area contributed by atoms with Crippen molar-refractivity contribution >= 4 is 24.0 Å². The standard InChI is InChI=1S/C20H20Si/c1-2-8-17(9-3-1)16-21(14-7-15-21)20-13-6-11-18-10-4-5-12-19(18)20/h1-6,8-13H,7,14-16H2. The molecule has 0 N–H and O–H groups in total. The summed E-state index contributed by atoms with van der Waals surface area (Å²) in [6.45, 7) is 0. The quantitative estimate of drug-likeness (QED) is 0.614. The Morgan fingerprint density at radius 1 is 0.714 bits per heavy atom. The SMILES string of the molecule is c1ccc(C[Si]2(c3cccc4ccccc34)CCC2)cc1. The second-order valence-electron chi connectivity index (χ2n) is 6.32. The third kappa shape index (κ3) is 2.22. The van der Waals surface area contributed by atoms with Crippen LogP contribution in [0.5, 0.6) is 0 Å². The van der Waals surface area contributed by atoms with Crippen LogP contribution in [-0.4, -0.2) is 8.07 Å². The smallest absolute Gasteiger partial charge is 0.0623 e. The lowest BCUT2D eigenvalue weighted by Gasteiger charge is -2.41. The summed E-state index contributed by atoms with van der Waals surface area (Å²) in [5.41, 5.74) is 1.52. The summed E-state index contributed by atoms with van der Waals surface area (Å²) in [6, 6.07) is 31.1. The third-order valence-electron chi connectivity index (χ3n) is 5.06. The number of hydrogen-bond donors (Lipinski definition) is 0. The van der Waals surface area contributed by atoms with E-state index in [1.54, 1.807) is 5.19 Å². The van der Waals surface area contributed by atoms with E-state index in [4.69, 9.17) is 0 Å². The molecule has 1 fully saturated rings. The largest absolute Gasteiger partial charge is 0.0918 e. The van der Waals surface area contributed by atoms with Crippen LogP contribution in [0.4, 0.5) is 0 Å². The van der Waals surface area contributed by atoms with Crippen molar-refractivity contribution in [2.75, 3.05) is 0 Å². The summed E-state index contributed by atoms with van der Waals surface area (Å²) in [5.74, 6) is 0. The van der Waals surface area contributed by atoms with E-state index in [2.05, 4.69) is 72.8 Å². The van der Waals surface area contributed by atoms with Crippen molar-refractivity contribution in [2.24, 2.45) is 0 Å². The molecule has 0 radical (unpaired) electrons. The summed E-state index contributed by atoms with van der Waals surface area (Å²) in [4.78, 5) is 0. The van der Waals surface area contributed by atoms with E-state index in [1.165, 1.54) is 40.9 Å². The maximum absolute atomic E-state index is 2.41. The Bertz CT molecular complexity index is 752. The Hall–Kier alpha value is -1.86. The zero-order chi connectivity index (χ0) is 14.1. The first-order chi connectivity index (χ1) is 10.4. The predicted molar refractivity (Wildman–Crippen MR) is 93.7 cm³/mol. The van der Waals surface area contributed by atoms with E-state index >= 15 is 0 Å². The van der Waals surface area contributed by atoms with Crippen molar-refractivity contribution in [2.45, 2.75) is 24.6 Å². The molecule has 21 heavy (non-hydrogen) atoms. The first kappa shape index (κ1) is 12.8. The maximum Gasteiger partial charge on any atom is 0.0918 e. The van der Waals surface area contributed by atoms with Crippen LogP contribution in [-0.2, 0) is 6.04 Å². The number of rotatable bonds is 3. The fraction of sp³-hybridized carbons (Fsp3) is 0.200. The van der Waals surface area contributed by atoms with Gasteiger partial charge < -0.3 is 0 Å². The topological polar surface area (TPSA) is 0 Å². The van der Waals surface area contributed by atoms with Gasteiger partial charge in [-0.25, -0.2) is 0 Å². The van der Waals surface area contributed by atoms with Gasteiger partial charge in [0.25, 0.3) is 0 Å². The first-order valence-electron chi connectivity index (χ1n) is 7.90. The van der Waals surface area contributed by atoms with Gasteiger partial charge in [0.15, 0.2) is 0 Å². The molecule has 1 aliphatic heterocycles. The second-order valence-corrected chi connectivity index (χ2v) is 10.8. The van der Waals surface area contributed by atoms with Gasteiger partial charge in [0.2, 0.25) is 0 Å². The van der Waals surface area contributed by atoms with E-state index in [0.29, 0.717) is 0 Å². The molecule has 104 valence electrons. The Morgan fingerprint density at radius 3 is 2.19 bits per heavy atom. The second kappa shape index (κ2) is 5.16. The van der Waals surface area contributed by atoms with Crippen LogP contribution in [0, 0.1) is 0 Å². The molecule has 0 nitrogen and oxygen atoms in total. The lowest BCUT2D eigenvalue weighted by atomic mass is 10.1. The average Bonchev–Trinajstić information content (AvgIpc) is 2.52. The molecular weight excluding hydrogens is 268 g/mol. The fourth-order valence-corrected chi connectivity index (χ4v) is 8.38. The molecule has 1 heteroatoms. The molecule has 0 atom stereocenters. The van der Waals surface area contributed by atoms with Gasteiger partial charge in [0.05, 0.1) is 8.07 Å². The summed E-state index contributed by atoms with van der Waals surface area (Å²) < 4.78 is 0. The predicted octanol–water partition coefficient (Wildman–Crippen LogP) is 4.68. The Balaban J connectivity index is 1.81. The van der Waals surface area contributed by atoms with E-state index < -0.39 is 8.07 Å². The van der Waals surface area contributed by atoms with Crippen LogP contribution in [0.25, 0.3) is 10.8 Å². The Morgan fingerprint density at radius 2 is 1.43 bits per heavy atom. The molecule has 4 rings (SSSR count). The minimum absolute atomic E-state index is 1.31. The summed E-state index contributed by atoms with van der Waals surface area (Å²) in [6.07, 6.45) is 1.42. The number of hydrogen-bond acceptors (Lipinski definition) is 0. The molecule has 1 saturated heterocycles. The van der Waals surface area contributed by atoms with Crippen molar-refractivity contribution < 1.29 is 0 Å². The van der Waals surface area contributed by atoms with E-state index in [9.17, 15) is 0 Å². The molecule has 0 saturated carbocycles. The van der Waals surface area contributed by atoms with Gasteiger partial charge in [-0.1, -0.05) is 102 Å². The van der Waals surface area contributed by atoms with Crippen LogP contribution in [0.3, 0.4) is 0 Å². The van der Waals surface area contributed by atoms with Crippen LogP contribution >= 0.6 is 0 Å². The minimum Gasteiger partial charge on any atom is -0.0623 e. The normalized spacial score (nSPS) is 16.6. The lowest BCUT2D eigenvalue weighted by molar-refractivity contribution is 0.892. The molecule has 0 spiro atoms.